The maximum absolute atomic E-state index is 8.32. The Labute approximate surface area is 98.8 Å². The summed E-state index contributed by atoms with van der Waals surface area (Å²) in [5, 5.41) is 9.76. The molecule has 1 aromatic rings. The molecule has 0 fully saturated rings. The van der Waals surface area contributed by atoms with Crippen LogP contribution in [0.4, 0.5) is 0 Å². The van der Waals surface area contributed by atoms with Crippen LogP contribution in [-0.4, -0.2) is 22.0 Å². The van der Waals surface area contributed by atoms with Gasteiger partial charge in [0, 0.05) is 0 Å². The first-order valence-corrected chi connectivity index (χ1v) is 7.90. The normalized spacial score (nSPS) is 12.5. The molecule has 1 atom stereocenters. The van der Waals surface area contributed by atoms with E-state index in [9.17, 15) is 0 Å². The van der Waals surface area contributed by atoms with Gasteiger partial charge in [0.05, 0.1) is 34.5 Å². The summed E-state index contributed by atoms with van der Waals surface area (Å²) in [4.78, 5) is 0. The highest BCUT2D eigenvalue weighted by molar-refractivity contribution is 6.76. The van der Waals surface area contributed by atoms with Crippen LogP contribution in [0.3, 0.4) is 0 Å². The van der Waals surface area contributed by atoms with Crippen LogP contribution in [0.25, 0.3) is 0 Å². The number of benzene rings is 1. The molecule has 3 heteroatoms. The lowest BCUT2D eigenvalue weighted by molar-refractivity contribution is 0.168. The van der Waals surface area contributed by atoms with Crippen molar-refractivity contribution < 1.29 is 4.74 Å². The molecular weight excluding hydrogens is 214 g/mol. The van der Waals surface area contributed by atoms with Crippen LogP contribution >= 0.6 is 0 Å². The predicted molar refractivity (Wildman–Crippen MR) is 69.3 cm³/mol. The second-order valence-electron chi connectivity index (χ2n) is 3.61. The summed E-state index contributed by atoms with van der Waals surface area (Å²) in [6.45, 7) is 3.44. The van der Waals surface area contributed by atoms with Gasteiger partial charge in [-0.25, -0.2) is 0 Å². The first kappa shape index (κ1) is 12.7. The second-order valence-corrected chi connectivity index (χ2v) is 6.24. The molecule has 0 radical (unpaired) electrons. The lowest BCUT2D eigenvalue weighted by atomic mass is 10.4. The van der Waals surface area contributed by atoms with Gasteiger partial charge in [-0.15, -0.1) is 0 Å². The molecule has 0 bridgehead atoms. The first-order valence-electron chi connectivity index (χ1n) is 5.51. The number of nitriles is 1. The number of rotatable bonds is 6. The Balaban J connectivity index is 2.27. The van der Waals surface area contributed by atoms with Gasteiger partial charge in [-0.05, 0) is 0 Å². The topological polar surface area (TPSA) is 33.0 Å². The fourth-order valence-corrected chi connectivity index (χ4v) is 2.97. The van der Waals surface area contributed by atoms with E-state index in [0.717, 1.165) is 0 Å². The van der Waals surface area contributed by atoms with Crippen molar-refractivity contribution in [1.29, 1.82) is 5.26 Å². The van der Waals surface area contributed by atoms with Crippen LogP contribution in [0.1, 0.15) is 6.42 Å². The molecule has 1 unspecified atom stereocenters. The van der Waals surface area contributed by atoms with E-state index in [2.05, 4.69) is 48.7 Å². The van der Waals surface area contributed by atoms with Crippen LogP contribution in [0.2, 0.25) is 6.55 Å². The molecule has 0 amide bonds. The molecule has 1 rings (SSSR count). The van der Waals surface area contributed by atoms with Crippen LogP contribution < -0.4 is 5.19 Å². The molecule has 0 saturated heterocycles. The van der Waals surface area contributed by atoms with E-state index in [0.29, 0.717) is 19.6 Å². The smallest absolute Gasteiger partial charge is 0.0907 e. The standard InChI is InChI=1S/C13H17NOSi/c1-16(13-7-3-2-4-8-13)12-6-11-15-10-5-9-14/h2-4,6-8,12,16H,5,10-11H2,1H3. The van der Waals surface area contributed by atoms with Gasteiger partial charge >= 0.3 is 0 Å². The average molecular weight is 231 g/mol. The number of hydrogen-bond donors (Lipinski definition) is 0. The minimum absolute atomic E-state index is 0.472. The van der Waals surface area contributed by atoms with Gasteiger partial charge in [-0.1, -0.05) is 53.8 Å². The maximum atomic E-state index is 8.32. The van der Waals surface area contributed by atoms with Crippen LogP contribution in [-0.2, 0) is 4.74 Å². The third-order valence-electron chi connectivity index (χ3n) is 2.32. The molecule has 16 heavy (non-hydrogen) atoms. The van der Waals surface area contributed by atoms with E-state index in [1.54, 1.807) is 0 Å². The monoisotopic (exact) mass is 231 g/mol. The van der Waals surface area contributed by atoms with Gasteiger partial charge in [0.2, 0.25) is 0 Å². The molecule has 84 valence electrons. The summed E-state index contributed by atoms with van der Waals surface area (Å²) in [5.74, 6) is 0. The quantitative estimate of drug-likeness (QED) is 0.552. The van der Waals surface area contributed by atoms with E-state index in [1.165, 1.54) is 5.19 Å². The lowest BCUT2D eigenvalue weighted by Crippen LogP contribution is -2.23. The minimum atomic E-state index is -0.945. The number of ether oxygens (including phenoxy) is 1. The highest BCUT2D eigenvalue weighted by Crippen LogP contribution is 1.91. The van der Waals surface area contributed by atoms with Crippen molar-refractivity contribution in [2.75, 3.05) is 13.2 Å². The zero-order chi connectivity index (χ0) is 11.6. The Morgan fingerprint density at radius 1 is 1.38 bits per heavy atom. The van der Waals surface area contributed by atoms with Gasteiger partial charge in [-0.3, -0.25) is 0 Å². The van der Waals surface area contributed by atoms with Crippen molar-refractivity contribution in [3.63, 3.8) is 0 Å². The fraction of sp³-hybridized carbons (Fsp3) is 0.308. The van der Waals surface area contributed by atoms with Crippen molar-refractivity contribution in [1.82, 2.24) is 0 Å². The Morgan fingerprint density at radius 3 is 2.81 bits per heavy atom. The van der Waals surface area contributed by atoms with Crippen LogP contribution in [0.15, 0.2) is 42.1 Å². The summed E-state index contributed by atoms with van der Waals surface area (Å²) >= 11 is 0. The molecule has 0 spiro atoms. The van der Waals surface area contributed by atoms with Gasteiger partial charge in [0.25, 0.3) is 0 Å². The van der Waals surface area contributed by atoms with E-state index < -0.39 is 8.80 Å². The van der Waals surface area contributed by atoms with Gasteiger partial charge in [-0.2, -0.15) is 5.26 Å². The van der Waals surface area contributed by atoms with Gasteiger partial charge in [0.1, 0.15) is 0 Å². The van der Waals surface area contributed by atoms with Gasteiger partial charge < -0.3 is 4.74 Å². The highest BCUT2D eigenvalue weighted by Gasteiger charge is 2.00. The summed E-state index contributed by atoms with van der Waals surface area (Å²) in [6.07, 6.45) is 2.54. The van der Waals surface area contributed by atoms with Crippen molar-refractivity contribution in [2.45, 2.75) is 13.0 Å². The average Bonchev–Trinajstić information content (AvgIpc) is 2.34. The van der Waals surface area contributed by atoms with Crippen molar-refractivity contribution in [3.8, 4) is 6.07 Å². The SMILES string of the molecule is C[SiH](C=CCOCCC#N)c1ccccc1. The van der Waals surface area contributed by atoms with Crippen molar-refractivity contribution in [2.24, 2.45) is 0 Å². The lowest BCUT2D eigenvalue weighted by Gasteiger charge is -2.04. The van der Waals surface area contributed by atoms with E-state index in [1.807, 2.05) is 6.07 Å². The van der Waals surface area contributed by atoms with E-state index >= 15 is 0 Å². The number of hydrogen-bond acceptors (Lipinski definition) is 2. The zero-order valence-electron chi connectivity index (χ0n) is 9.60. The Bertz CT molecular complexity index is 356. The molecule has 0 aliphatic rings. The van der Waals surface area contributed by atoms with E-state index in [4.69, 9.17) is 10.00 Å². The van der Waals surface area contributed by atoms with Crippen LogP contribution in [0, 0.1) is 11.3 Å². The molecule has 0 aromatic heterocycles. The molecule has 0 aliphatic carbocycles. The summed E-state index contributed by atoms with van der Waals surface area (Å²) in [5.41, 5.74) is 2.27. The molecule has 0 heterocycles. The Kier molecular flexibility index (Phi) is 6.24. The van der Waals surface area contributed by atoms with Crippen LogP contribution in [0.5, 0.6) is 0 Å². The summed E-state index contributed by atoms with van der Waals surface area (Å²) in [6, 6.07) is 12.6. The van der Waals surface area contributed by atoms with E-state index in [-0.39, 0.29) is 0 Å². The first-order chi connectivity index (χ1) is 7.84. The molecule has 2 nitrogen and oxygen atoms in total. The third-order valence-corrected chi connectivity index (χ3v) is 4.61. The summed E-state index contributed by atoms with van der Waals surface area (Å²) in [7, 11) is -0.945. The highest BCUT2D eigenvalue weighted by atomic mass is 28.3. The third kappa shape index (κ3) is 4.92. The van der Waals surface area contributed by atoms with Gasteiger partial charge in [0.15, 0.2) is 0 Å². The Hall–Kier alpha value is -1.37. The molecule has 0 aliphatic heterocycles. The molecular formula is C13H17NOSi. The molecule has 0 N–H and O–H groups in total. The maximum Gasteiger partial charge on any atom is 0.0907 e. The number of nitrogens with zero attached hydrogens (tertiary/aromatic N) is 1. The minimum Gasteiger partial charge on any atom is -0.376 e. The molecule has 1 aromatic carbocycles. The Morgan fingerprint density at radius 2 is 2.12 bits per heavy atom. The zero-order valence-corrected chi connectivity index (χ0v) is 10.8. The summed E-state index contributed by atoms with van der Waals surface area (Å²) < 4.78 is 5.27. The second kappa shape index (κ2) is 7.86. The largest absolute Gasteiger partial charge is 0.376 e. The fourth-order valence-electron chi connectivity index (χ4n) is 1.40. The predicted octanol–water partition coefficient (Wildman–Crippen LogP) is 1.78. The van der Waals surface area contributed by atoms with Crippen molar-refractivity contribution >= 4 is 14.0 Å². The van der Waals surface area contributed by atoms with Crippen molar-refractivity contribution in [3.05, 3.63) is 42.1 Å². The molecule has 0 saturated carbocycles.